The molecule has 2 rings (SSSR count). The molecule has 78 valence electrons. The van der Waals surface area contributed by atoms with Crippen LogP contribution in [0, 0.1) is 0 Å². The lowest BCUT2D eigenvalue weighted by atomic mass is 10.1. The summed E-state index contributed by atoms with van der Waals surface area (Å²) in [6, 6.07) is 10.1. The first-order valence-corrected chi connectivity index (χ1v) is 5.39. The fourth-order valence-electron chi connectivity index (χ4n) is 1.61. The lowest BCUT2D eigenvalue weighted by Crippen LogP contribution is -1.84. The molecule has 0 radical (unpaired) electrons. The normalized spacial score (nSPS) is 10.5. The van der Waals surface area contributed by atoms with E-state index < -0.39 is 0 Å². The van der Waals surface area contributed by atoms with E-state index >= 15 is 0 Å². The van der Waals surface area contributed by atoms with Gasteiger partial charge in [0.25, 0.3) is 0 Å². The van der Waals surface area contributed by atoms with Crippen LogP contribution >= 0.6 is 0 Å². The first-order chi connectivity index (χ1) is 7.35. The number of oxazole rings is 1. The quantitative estimate of drug-likeness (QED) is 0.760. The highest BCUT2D eigenvalue weighted by atomic mass is 16.4. The van der Waals surface area contributed by atoms with E-state index in [9.17, 15) is 0 Å². The van der Waals surface area contributed by atoms with Gasteiger partial charge in [0.2, 0.25) is 0 Å². The zero-order valence-corrected chi connectivity index (χ0v) is 9.16. The standard InChI is InChI=1S/C13H15NO/c1-3-11-13(15-12(4-2)14-11)10-8-6-5-7-9-10/h5-9H,3-4H2,1-2H3. The van der Waals surface area contributed by atoms with Crippen LogP contribution in [0.3, 0.4) is 0 Å². The minimum absolute atomic E-state index is 0.825. The molecule has 0 atom stereocenters. The highest BCUT2D eigenvalue weighted by Crippen LogP contribution is 2.25. The Morgan fingerprint density at radius 1 is 1.07 bits per heavy atom. The van der Waals surface area contributed by atoms with Crippen molar-refractivity contribution in [2.45, 2.75) is 26.7 Å². The number of hydrogen-bond donors (Lipinski definition) is 0. The molecule has 0 aliphatic rings. The third-order valence-corrected chi connectivity index (χ3v) is 2.41. The first-order valence-electron chi connectivity index (χ1n) is 5.39. The van der Waals surface area contributed by atoms with Gasteiger partial charge in [0.05, 0.1) is 5.69 Å². The monoisotopic (exact) mass is 201 g/mol. The summed E-state index contributed by atoms with van der Waals surface area (Å²) in [6.45, 7) is 4.16. The molecule has 0 saturated heterocycles. The summed E-state index contributed by atoms with van der Waals surface area (Å²) in [5.74, 6) is 1.75. The number of benzene rings is 1. The minimum atomic E-state index is 0.825. The maximum Gasteiger partial charge on any atom is 0.194 e. The van der Waals surface area contributed by atoms with E-state index in [0.717, 1.165) is 35.7 Å². The number of aromatic nitrogens is 1. The second-order valence-corrected chi connectivity index (χ2v) is 3.46. The summed E-state index contributed by atoms with van der Waals surface area (Å²) in [5, 5.41) is 0. The van der Waals surface area contributed by atoms with Crippen LogP contribution in [-0.2, 0) is 12.8 Å². The number of nitrogens with zero attached hydrogens (tertiary/aromatic N) is 1. The second-order valence-electron chi connectivity index (χ2n) is 3.46. The Balaban J connectivity index is 2.47. The van der Waals surface area contributed by atoms with Gasteiger partial charge >= 0.3 is 0 Å². The van der Waals surface area contributed by atoms with Crippen molar-refractivity contribution in [3.63, 3.8) is 0 Å². The molecule has 2 aromatic rings. The predicted molar refractivity (Wildman–Crippen MR) is 60.7 cm³/mol. The van der Waals surface area contributed by atoms with Crippen LogP contribution in [-0.4, -0.2) is 4.98 Å². The van der Waals surface area contributed by atoms with Crippen LogP contribution in [0.25, 0.3) is 11.3 Å². The Bertz CT molecular complexity index is 431. The van der Waals surface area contributed by atoms with Crippen molar-refractivity contribution in [1.82, 2.24) is 4.98 Å². The van der Waals surface area contributed by atoms with Gasteiger partial charge in [-0.25, -0.2) is 4.98 Å². The largest absolute Gasteiger partial charge is 0.440 e. The molecule has 0 spiro atoms. The fraction of sp³-hybridized carbons (Fsp3) is 0.308. The van der Waals surface area contributed by atoms with Crippen molar-refractivity contribution >= 4 is 0 Å². The summed E-state index contributed by atoms with van der Waals surface area (Å²) in [6.07, 6.45) is 1.76. The smallest absolute Gasteiger partial charge is 0.194 e. The van der Waals surface area contributed by atoms with Crippen LogP contribution in [0.15, 0.2) is 34.7 Å². The third-order valence-electron chi connectivity index (χ3n) is 2.41. The second kappa shape index (κ2) is 4.30. The number of hydrogen-bond acceptors (Lipinski definition) is 2. The van der Waals surface area contributed by atoms with Gasteiger partial charge in [-0.05, 0) is 6.42 Å². The van der Waals surface area contributed by atoms with Gasteiger partial charge in [-0.3, -0.25) is 0 Å². The van der Waals surface area contributed by atoms with Gasteiger partial charge in [0.1, 0.15) is 0 Å². The molecule has 0 bridgehead atoms. The molecule has 2 heteroatoms. The average Bonchev–Trinajstić information content (AvgIpc) is 2.73. The lowest BCUT2D eigenvalue weighted by Gasteiger charge is -1.97. The molecular formula is C13H15NO. The molecule has 0 unspecified atom stereocenters. The van der Waals surface area contributed by atoms with Crippen molar-refractivity contribution < 1.29 is 4.42 Å². The van der Waals surface area contributed by atoms with Gasteiger partial charge in [0.15, 0.2) is 11.7 Å². The number of aryl methyl sites for hydroxylation is 2. The summed E-state index contributed by atoms with van der Waals surface area (Å²) in [4.78, 5) is 4.46. The molecule has 0 saturated carbocycles. The molecule has 1 heterocycles. The average molecular weight is 201 g/mol. The molecule has 15 heavy (non-hydrogen) atoms. The van der Waals surface area contributed by atoms with E-state index in [4.69, 9.17) is 4.42 Å². The van der Waals surface area contributed by atoms with E-state index in [0.29, 0.717) is 0 Å². The maximum atomic E-state index is 5.73. The topological polar surface area (TPSA) is 26.0 Å². The predicted octanol–water partition coefficient (Wildman–Crippen LogP) is 3.47. The summed E-state index contributed by atoms with van der Waals surface area (Å²) >= 11 is 0. The van der Waals surface area contributed by atoms with Crippen molar-refractivity contribution in [3.05, 3.63) is 41.9 Å². The van der Waals surface area contributed by atoms with E-state index in [1.54, 1.807) is 0 Å². The van der Waals surface area contributed by atoms with E-state index in [1.165, 1.54) is 0 Å². The van der Waals surface area contributed by atoms with Crippen LogP contribution in [0.1, 0.15) is 25.4 Å². The number of rotatable bonds is 3. The first kappa shape index (κ1) is 9.97. The Labute approximate surface area is 90.0 Å². The molecule has 0 fully saturated rings. The SMILES string of the molecule is CCc1nc(CC)c(-c2ccccc2)o1. The Kier molecular flexibility index (Phi) is 2.86. The summed E-state index contributed by atoms with van der Waals surface area (Å²) in [5.41, 5.74) is 2.17. The van der Waals surface area contributed by atoms with E-state index in [2.05, 4.69) is 31.0 Å². The Hall–Kier alpha value is -1.57. The molecule has 0 aliphatic heterocycles. The zero-order valence-electron chi connectivity index (χ0n) is 9.16. The zero-order chi connectivity index (χ0) is 10.7. The fourth-order valence-corrected chi connectivity index (χ4v) is 1.61. The molecule has 1 aromatic heterocycles. The molecule has 0 aliphatic carbocycles. The van der Waals surface area contributed by atoms with Crippen LogP contribution in [0.2, 0.25) is 0 Å². The molecule has 0 amide bonds. The lowest BCUT2D eigenvalue weighted by molar-refractivity contribution is 0.513. The Morgan fingerprint density at radius 3 is 2.40 bits per heavy atom. The highest BCUT2D eigenvalue weighted by molar-refractivity contribution is 5.59. The molecular weight excluding hydrogens is 186 g/mol. The minimum Gasteiger partial charge on any atom is -0.440 e. The molecule has 2 nitrogen and oxygen atoms in total. The summed E-state index contributed by atoms with van der Waals surface area (Å²) < 4.78 is 5.73. The van der Waals surface area contributed by atoms with E-state index in [-0.39, 0.29) is 0 Å². The molecule has 1 aromatic carbocycles. The van der Waals surface area contributed by atoms with Gasteiger partial charge in [-0.15, -0.1) is 0 Å². The Morgan fingerprint density at radius 2 is 1.80 bits per heavy atom. The van der Waals surface area contributed by atoms with Crippen LogP contribution < -0.4 is 0 Å². The van der Waals surface area contributed by atoms with Crippen LogP contribution in [0.5, 0.6) is 0 Å². The van der Waals surface area contributed by atoms with Crippen molar-refractivity contribution in [1.29, 1.82) is 0 Å². The van der Waals surface area contributed by atoms with Gasteiger partial charge in [0, 0.05) is 12.0 Å². The van der Waals surface area contributed by atoms with Gasteiger partial charge < -0.3 is 4.42 Å². The van der Waals surface area contributed by atoms with E-state index in [1.807, 2.05) is 18.2 Å². The van der Waals surface area contributed by atoms with Crippen molar-refractivity contribution in [3.8, 4) is 11.3 Å². The maximum absolute atomic E-state index is 5.73. The highest BCUT2D eigenvalue weighted by Gasteiger charge is 2.11. The van der Waals surface area contributed by atoms with Gasteiger partial charge in [-0.2, -0.15) is 0 Å². The van der Waals surface area contributed by atoms with Crippen molar-refractivity contribution in [2.24, 2.45) is 0 Å². The molecule has 0 N–H and O–H groups in total. The van der Waals surface area contributed by atoms with Crippen molar-refractivity contribution in [2.75, 3.05) is 0 Å². The summed E-state index contributed by atoms with van der Waals surface area (Å²) in [7, 11) is 0. The van der Waals surface area contributed by atoms with Crippen LogP contribution in [0.4, 0.5) is 0 Å². The third kappa shape index (κ3) is 1.94. The van der Waals surface area contributed by atoms with Gasteiger partial charge in [-0.1, -0.05) is 44.2 Å².